The minimum absolute atomic E-state index is 0.336. The average Bonchev–Trinajstić information content (AvgIpc) is 2.70. The molecule has 0 aliphatic rings. The molecule has 1 aromatic carbocycles. The molecule has 0 aliphatic heterocycles. The summed E-state index contributed by atoms with van der Waals surface area (Å²) in [5, 5.41) is 4.03. The molecule has 0 atom stereocenters. The normalized spacial score (nSPS) is 11.6. The first-order valence-electron chi connectivity index (χ1n) is 4.73. The van der Waals surface area contributed by atoms with Crippen molar-refractivity contribution in [2.45, 2.75) is 11.4 Å². The molecule has 0 fully saturated rings. The maximum Gasteiger partial charge on any atom is 0.175 e. The van der Waals surface area contributed by atoms with Crippen LogP contribution in [0.15, 0.2) is 41.6 Å². The predicted octanol–water partition coefficient (Wildman–Crippen LogP) is 1.14. The van der Waals surface area contributed by atoms with Gasteiger partial charge in [-0.15, -0.1) is 0 Å². The third-order valence-corrected chi connectivity index (χ3v) is 3.33. The lowest BCUT2D eigenvalue weighted by Gasteiger charge is -2.03. The second-order valence-corrected chi connectivity index (χ2v) is 5.57. The van der Waals surface area contributed by atoms with E-state index in [0.29, 0.717) is 11.4 Å². The lowest BCUT2D eigenvalue weighted by atomic mass is 10.2. The number of aromatic nitrogens is 2. The fourth-order valence-electron chi connectivity index (χ4n) is 1.38. The summed E-state index contributed by atoms with van der Waals surface area (Å²) in [5.41, 5.74) is 1.00. The molecule has 16 heavy (non-hydrogen) atoms. The Bertz CT molecular complexity index is 557. The molecular weight excluding hydrogens is 224 g/mol. The van der Waals surface area contributed by atoms with Crippen molar-refractivity contribution in [1.29, 1.82) is 0 Å². The van der Waals surface area contributed by atoms with Crippen LogP contribution in [0.3, 0.4) is 0 Å². The second kappa shape index (κ2) is 4.09. The van der Waals surface area contributed by atoms with Crippen molar-refractivity contribution in [2.24, 2.45) is 0 Å². The summed E-state index contributed by atoms with van der Waals surface area (Å²) >= 11 is 0. The molecule has 83 valence electrons. The van der Waals surface area contributed by atoms with Crippen LogP contribution in [-0.2, 0) is 16.4 Å². The number of nitrogens with zero attached hydrogens (tertiary/aromatic N) is 2. The first-order chi connectivity index (χ1) is 7.55. The van der Waals surface area contributed by atoms with Gasteiger partial charge in [-0.2, -0.15) is 5.10 Å². The van der Waals surface area contributed by atoms with Crippen LogP contribution >= 0.6 is 0 Å². The van der Waals surface area contributed by atoms with Crippen LogP contribution in [-0.4, -0.2) is 24.5 Å². The molecule has 0 unspecified atom stereocenters. The second-order valence-electron chi connectivity index (χ2n) is 3.55. The van der Waals surface area contributed by atoms with Gasteiger partial charge in [0.05, 0.1) is 17.6 Å². The van der Waals surface area contributed by atoms with Gasteiger partial charge < -0.3 is 0 Å². The Hall–Kier alpha value is -1.62. The minimum Gasteiger partial charge on any atom is -0.268 e. The Morgan fingerprint density at radius 1 is 1.31 bits per heavy atom. The third kappa shape index (κ3) is 2.49. The van der Waals surface area contributed by atoms with Gasteiger partial charge in [0.15, 0.2) is 9.84 Å². The molecule has 1 heterocycles. The van der Waals surface area contributed by atoms with Gasteiger partial charge in [-0.05, 0) is 17.7 Å². The molecule has 0 bridgehead atoms. The van der Waals surface area contributed by atoms with Gasteiger partial charge in [-0.3, -0.25) is 4.68 Å². The van der Waals surface area contributed by atoms with Crippen molar-refractivity contribution in [2.75, 3.05) is 6.26 Å². The predicted molar refractivity (Wildman–Crippen MR) is 59.7 cm³/mol. The average molecular weight is 235 g/mol. The van der Waals surface area contributed by atoms with Crippen LogP contribution in [0.4, 0.5) is 0 Å². The van der Waals surface area contributed by atoms with Crippen molar-refractivity contribution in [3.63, 3.8) is 0 Å². The molecule has 2 rings (SSSR count). The first kappa shape index (κ1) is 10.9. The van der Waals surface area contributed by atoms with Crippen molar-refractivity contribution < 1.29 is 8.42 Å². The monoisotopic (exact) mass is 235 g/mol. The standard InChI is InChI=1S/C11H11N2O2S/c1-16(14,15)11-5-3-10(4-6-11)9-13-8-2-7-12-13/h3-8H,9H2,1H3. The molecule has 4 nitrogen and oxygen atoms in total. The van der Waals surface area contributed by atoms with Crippen LogP contribution in [0.25, 0.3) is 0 Å². The summed E-state index contributed by atoms with van der Waals surface area (Å²) in [6.45, 7) is 0.619. The van der Waals surface area contributed by atoms with E-state index in [-0.39, 0.29) is 0 Å². The largest absolute Gasteiger partial charge is 0.268 e. The number of hydrogen-bond donors (Lipinski definition) is 0. The van der Waals surface area contributed by atoms with Gasteiger partial charge in [0.2, 0.25) is 0 Å². The summed E-state index contributed by atoms with van der Waals surface area (Å²) in [7, 11) is -3.11. The summed E-state index contributed by atoms with van der Waals surface area (Å²) in [4.78, 5) is 0.336. The Balaban J connectivity index is 2.20. The highest BCUT2D eigenvalue weighted by Gasteiger charge is 2.05. The molecule has 5 heteroatoms. The van der Waals surface area contributed by atoms with E-state index in [9.17, 15) is 8.42 Å². The Morgan fingerprint density at radius 2 is 2.00 bits per heavy atom. The van der Waals surface area contributed by atoms with Crippen LogP contribution in [0, 0.1) is 6.07 Å². The fourth-order valence-corrected chi connectivity index (χ4v) is 2.01. The Labute approximate surface area is 94.5 Å². The number of rotatable bonds is 3. The van der Waals surface area contributed by atoms with Crippen LogP contribution in [0.2, 0.25) is 0 Å². The number of sulfone groups is 1. The number of hydrogen-bond acceptors (Lipinski definition) is 3. The zero-order valence-electron chi connectivity index (χ0n) is 8.79. The summed E-state index contributed by atoms with van der Waals surface area (Å²) < 4.78 is 24.2. The van der Waals surface area contributed by atoms with Gasteiger partial charge in [0.25, 0.3) is 0 Å². The molecule has 2 aromatic rings. The Kier molecular flexibility index (Phi) is 2.78. The summed E-state index contributed by atoms with van der Waals surface area (Å²) in [5.74, 6) is 0. The summed E-state index contributed by atoms with van der Waals surface area (Å²) in [6, 6.07) is 9.64. The van der Waals surface area contributed by atoms with Crippen molar-refractivity contribution >= 4 is 9.84 Å². The molecule has 0 saturated carbocycles. The van der Waals surface area contributed by atoms with E-state index in [0.717, 1.165) is 5.56 Å². The van der Waals surface area contributed by atoms with Gasteiger partial charge >= 0.3 is 0 Å². The minimum atomic E-state index is -3.11. The molecule has 0 N–H and O–H groups in total. The lowest BCUT2D eigenvalue weighted by molar-refractivity contribution is 0.602. The van der Waals surface area contributed by atoms with Gasteiger partial charge in [0, 0.05) is 18.5 Å². The highest BCUT2D eigenvalue weighted by molar-refractivity contribution is 7.90. The first-order valence-corrected chi connectivity index (χ1v) is 6.62. The van der Waals surface area contributed by atoms with E-state index in [1.807, 2.05) is 0 Å². The maximum absolute atomic E-state index is 11.2. The van der Waals surface area contributed by atoms with Crippen LogP contribution in [0.5, 0.6) is 0 Å². The molecule has 0 amide bonds. The fraction of sp³-hybridized carbons (Fsp3) is 0.182. The highest BCUT2D eigenvalue weighted by Crippen LogP contribution is 2.10. The van der Waals surface area contributed by atoms with Crippen LogP contribution < -0.4 is 0 Å². The quantitative estimate of drug-likeness (QED) is 0.801. The van der Waals surface area contributed by atoms with Gasteiger partial charge in [0.1, 0.15) is 0 Å². The zero-order chi connectivity index (χ0) is 11.6. The van der Waals surface area contributed by atoms with Crippen molar-refractivity contribution in [3.8, 4) is 0 Å². The van der Waals surface area contributed by atoms with Gasteiger partial charge in [-0.1, -0.05) is 12.1 Å². The molecule has 0 saturated heterocycles. The number of benzene rings is 1. The van der Waals surface area contributed by atoms with Crippen molar-refractivity contribution in [1.82, 2.24) is 9.78 Å². The Morgan fingerprint density at radius 3 is 2.50 bits per heavy atom. The summed E-state index contributed by atoms with van der Waals surface area (Å²) in [6.07, 6.45) is 4.53. The molecule has 0 spiro atoms. The maximum atomic E-state index is 11.2. The zero-order valence-corrected chi connectivity index (χ0v) is 9.61. The van der Waals surface area contributed by atoms with Gasteiger partial charge in [-0.25, -0.2) is 8.42 Å². The van der Waals surface area contributed by atoms with E-state index >= 15 is 0 Å². The van der Waals surface area contributed by atoms with E-state index in [4.69, 9.17) is 0 Å². The molecule has 0 aliphatic carbocycles. The van der Waals surface area contributed by atoms with E-state index in [2.05, 4.69) is 11.2 Å². The topological polar surface area (TPSA) is 52.0 Å². The molecule has 1 aromatic heterocycles. The van der Waals surface area contributed by atoms with Crippen molar-refractivity contribution in [3.05, 3.63) is 48.3 Å². The smallest absolute Gasteiger partial charge is 0.175 e. The van der Waals surface area contributed by atoms with E-state index in [1.165, 1.54) is 6.26 Å². The lowest BCUT2D eigenvalue weighted by Crippen LogP contribution is -2.01. The SMILES string of the molecule is CS(=O)(=O)c1ccc(Cn2c[c]cn2)cc1. The molecular formula is C11H11N2O2S. The molecule has 1 radical (unpaired) electrons. The third-order valence-electron chi connectivity index (χ3n) is 2.20. The van der Waals surface area contributed by atoms with E-state index < -0.39 is 9.84 Å². The van der Waals surface area contributed by atoms with E-state index in [1.54, 1.807) is 41.3 Å². The van der Waals surface area contributed by atoms with Crippen LogP contribution in [0.1, 0.15) is 5.56 Å². The highest BCUT2D eigenvalue weighted by atomic mass is 32.2.